The number of hydrogen-bond donors (Lipinski definition) is 2. The molecule has 0 aliphatic carbocycles. The second kappa shape index (κ2) is 8.83. The van der Waals surface area contributed by atoms with Crippen LogP contribution >= 0.6 is 0 Å². The predicted molar refractivity (Wildman–Crippen MR) is 89.0 cm³/mol. The second-order valence-corrected chi connectivity index (χ2v) is 6.32. The first kappa shape index (κ1) is 17.7. The molecule has 0 spiro atoms. The Morgan fingerprint density at radius 3 is 2.29 bits per heavy atom. The van der Waals surface area contributed by atoms with Crippen LogP contribution in [-0.2, 0) is 4.79 Å². The number of nitrogens with two attached hydrogens (primary N) is 1. The highest BCUT2D eigenvalue weighted by molar-refractivity contribution is 5.76. The number of nitrogens with one attached hydrogen (secondary N) is 1. The van der Waals surface area contributed by atoms with Gasteiger partial charge in [-0.15, -0.1) is 0 Å². The maximum Gasteiger partial charge on any atom is 0.220 e. The van der Waals surface area contributed by atoms with Crippen molar-refractivity contribution in [2.45, 2.75) is 53.0 Å². The molecule has 0 aliphatic heterocycles. The molecular weight excluding hydrogens is 260 g/mol. The third-order valence-corrected chi connectivity index (χ3v) is 4.18. The van der Waals surface area contributed by atoms with E-state index < -0.39 is 0 Å². The molecule has 1 rings (SSSR count). The molecule has 0 radical (unpaired) electrons. The van der Waals surface area contributed by atoms with Gasteiger partial charge in [0.1, 0.15) is 0 Å². The summed E-state index contributed by atoms with van der Waals surface area (Å²) in [6.07, 6.45) is 2.50. The van der Waals surface area contributed by atoms with Crippen LogP contribution in [-0.4, -0.2) is 12.5 Å². The molecule has 0 heterocycles. The summed E-state index contributed by atoms with van der Waals surface area (Å²) in [7, 11) is 0. The van der Waals surface area contributed by atoms with Crippen LogP contribution in [0.5, 0.6) is 0 Å². The van der Waals surface area contributed by atoms with Gasteiger partial charge in [-0.05, 0) is 50.6 Å². The summed E-state index contributed by atoms with van der Waals surface area (Å²) in [5.41, 5.74) is 8.03. The van der Waals surface area contributed by atoms with Crippen LogP contribution in [0.25, 0.3) is 0 Å². The van der Waals surface area contributed by atoms with Crippen molar-refractivity contribution in [2.24, 2.45) is 17.6 Å². The lowest BCUT2D eigenvalue weighted by Crippen LogP contribution is -2.27. The van der Waals surface area contributed by atoms with Crippen LogP contribution in [0.15, 0.2) is 24.3 Å². The fourth-order valence-corrected chi connectivity index (χ4v) is 2.59. The van der Waals surface area contributed by atoms with Crippen LogP contribution in [0.2, 0.25) is 0 Å². The zero-order valence-corrected chi connectivity index (χ0v) is 13.9. The Labute approximate surface area is 129 Å². The zero-order chi connectivity index (χ0) is 15.8. The van der Waals surface area contributed by atoms with E-state index in [0.29, 0.717) is 24.8 Å². The lowest BCUT2D eigenvalue weighted by molar-refractivity contribution is -0.122. The Morgan fingerprint density at radius 2 is 1.76 bits per heavy atom. The normalized spacial score (nSPS) is 14.0. The Balaban J connectivity index is 2.44. The molecule has 21 heavy (non-hydrogen) atoms. The molecule has 0 bridgehead atoms. The average molecular weight is 290 g/mol. The summed E-state index contributed by atoms with van der Waals surface area (Å²) >= 11 is 0. The molecule has 0 aliphatic rings. The van der Waals surface area contributed by atoms with Crippen molar-refractivity contribution in [1.29, 1.82) is 0 Å². The first-order chi connectivity index (χ1) is 9.93. The minimum atomic E-state index is 0.0603. The summed E-state index contributed by atoms with van der Waals surface area (Å²) in [6.45, 7) is 9.20. The van der Waals surface area contributed by atoms with Gasteiger partial charge in [0, 0.05) is 6.42 Å². The zero-order valence-electron chi connectivity index (χ0n) is 13.9. The van der Waals surface area contributed by atoms with Gasteiger partial charge in [-0.3, -0.25) is 4.79 Å². The average Bonchev–Trinajstić information content (AvgIpc) is 2.43. The number of carbonyl (C=O) groups is 1. The smallest absolute Gasteiger partial charge is 0.220 e. The van der Waals surface area contributed by atoms with Gasteiger partial charge in [0.25, 0.3) is 0 Å². The van der Waals surface area contributed by atoms with E-state index in [9.17, 15) is 4.79 Å². The molecular formula is C18H30N2O. The van der Waals surface area contributed by atoms with Crippen molar-refractivity contribution >= 4 is 5.91 Å². The van der Waals surface area contributed by atoms with Crippen molar-refractivity contribution in [3.63, 3.8) is 0 Å². The first-order valence-electron chi connectivity index (χ1n) is 8.00. The lowest BCUT2D eigenvalue weighted by Gasteiger charge is -2.20. The van der Waals surface area contributed by atoms with Crippen molar-refractivity contribution in [3.8, 4) is 0 Å². The van der Waals surface area contributed by atoms with E-state index >= 15 is 0 Å². The molecule has 2 atom stereocenters. The Bertz CT molecular complexity index is 425. The van der Waals surface area contributed by atoms with Gasteiger partial charge >= 0.3 is 0 Å². The van der Waals surface area contributed by atoms with Crippen molar-refractivity contribution in [3.05, 3.63) is 35.4 Å². The van der Waals surface area contributed by atoms with Gasteiger partial charge in [-0.2, -0.15) is 0 Å². The van der Waals surface area contributed by atoms with Gasteiger partial charge < -0.3 is 11.1 Å². The molecule has 1 unspecified atom stereocenters. The standard InChI is InChI=1S/C18H30N2O/c1-13(2)16(11-12-19)9-10-18(21)20-15(4)17-7-5-14(3)6-8-17/h5-8,13,15-16H,9-12,19H2,1-4H3,(H,20,21)/t15-,16?/m1/s1. The van der Waals surface area contributed by atoms with E-state index in [1.54, 1.807) is 0 Å². The van der Waals surface area contributed by atoms with E-state index in [0.717, 1.165) is 18.4 Å². The summed E-state index contributed by atoms with van der Waals surface area (Å²) < 4.78 is 0. The molecule has 0 saturated carbocycles. The molecule has 0 fully saturated rings. The quantitative estimate of drug-likeness (QED) is 0.769. The summed E-state index contributed by atoms with van der Waals surface area (Å²) in [5.74, 6) is 1.25. The molecule has 3 N–H and O–H groups in total. The molecule has 3 heteroatoms. The van der Waals surface area contributed by atoms with Crippen LogP contribution in [0.4, 0.5) is 0 Å². The molecule has 1 aromatic carbocycles. The van der Waals surface area contributed by atoms with Gasteiger partial charge in [-0.1, -0.05) is 43.7 Å². The highest BCUT2D eigenvalue weighted by Gasteiger charge is 2.15. The van der Waals surface area contributed by atoms with Crippen LogP contribution in [0, 0.1) is 18.8 Å². The lowest BCUT2D eigenvalue weighted by atomic mass is 9.88. The maximum absolute atomic E-state index is 12.1. The molecule has 3 nitrogen and oxygen atoms in total. The molecule has 1 amide bonds. The van der Waals surface area contributed by atoms with Gasteiger partial charge in [0.15, 0.2) is 0 Å². The molecule has 0 saturated heterocycles. The van der Waals surface area contributed by atoms with E-state index in [-0.39, 0.29) is 11.9 Å². The molecule has 1 aromatic rings. The third-order valence-electron chi connectivity index (χ3n) is 4.18. The highest BCUT2D eigenvalue weighted by atomic mass is 16.1. The highest BCUT2D eigenvalue weighted by Crippen LogP contribution is 2.21. The number of rotatable bonds is 8. The number of hydrogen-bond acceptors (Lipinski definition) is 2. The number of aryl methyl sites for hydroxylation is 1. The minimum absolute atomic E-state index is 0.0603. The monoisotopic (exact) mass is 290 g/mol. The Kier molecular flexibility index (Phi) is 7.44. The second-order valence-electron chi connectivity index (χ2n) is 6.32. The first-order valence-corrected chi connectivity index (χ1v) is 8.00. The largest absolute Gasteiger partial charge is 0.350 e. The Morgan fingerprint density at radius 1 is 1.14 bits per heavy atom. The van der Waals surface area contributed by atoms with Crippen molar-refractivity contribution in [2.75, 3.05) is 6.54 Å². The SMILES string of the molecule is Cc1ccc([C@@H](C)NC(=O)CCC(CCN)C(C)C)cc1. The van der Waals surface area contributed by atoms with E-state index in [1.807, 2.05) is 6.92 Å². The summed E-state index contributed by atoms with van der Waals surface area (Å²) in [5, 5.41) is 3.08. The fraction of sp³-hybridized carbons (Fsp3) is 0.611. The van der Waals surface area contributed by atoms with Crippen molar-refractivity contribution < 1.29 is 4.79 Å². The molecule has 118 valence electrons. The van der Waals surface area contributed by atoms with Crippen molar-refractivity contribution in [1.82, 2.24) is 5.32 Å². The van der Waals surface area contributed by atoms with Crippen LogP contribution < -0.4 is 11.1 Å². The minimum Gasteiger partial charge on any atom is -0.350 e. The van der Waals surface area contributed by atoms with Crippen LogP contribution in [0.1, 0.15) is 57.2 Å². The van der Waals surface area contributed by atoms with E-state index in [2.05, 4.69) is 50.4 Å². The summed E-state index contributed by atoms with van der Waals surface area (Å²) in [6, 6.07) is 8.37. The fourth-order valence-electron chi connectivity index (χ4n) is 2.59. The van der Waals surface area contributed by atoms with Gasteiger partial charge in [-0.25, -0.2) is 0 Å². The van der Waals surface area contributed by atoms with E-state index in [1.165, 1.54) is 5.56 Å². The summed E-state index contributed by atoms with van der Waals surface area (Å²) in [4.78, 5) is 12.1. The number of benzene rings is 1. The predicted octanol–water partition coefficient (Wildman–Crippen LogP) is 3.57. The van der Waals surface area contributed by atoms with Gasteiger partial charge in [0.05, 0.1) is 6.04 Å². The third kappa shape index (κ3) is 6.30. The topological polar surface area (TPSA) is 55.1 Å². The number of carbonyl (C=O) groups excluding carboxylic acids is 1. The van der Waals surface area contributed by atoms with E-state index in [4.69, 9.17) is 5.73 Å². The molecule has 0 aromatic heterocycles. The Hall–Kier alpha value is -1.35. The number of amides is 1. The maximum atomic E-state index is 12.1. The van der Waals surface area contributed by atoms with Gasteiger partial charge in [0.2, 0.25) is 5.91 Å². The van der Waals surface area contributed by atoms with Crippen LogP contribution in [0.3, 0.4) is 0 Å².